The van der Waals surface area contributed by atoms with Crippen LogP contribution in [0.2, 0.25) is 0 Å². The number of hydrogen-bond acceptors (Lipinski definition) is 2. The molecule has 0 bridgehead atoms. The summed E-state index contributed by atoms with van der Waals surface area (Å²) in [5, 5.41) is 3.20. The summed E-state index contributed by atoms with van der Waals surface area (Å²) in [7, 11) is 1.95. The topological polar surface area (TPSA) is 21.3 Å². The lowest BCUT2D eigenvalue weighted by molar-refractivity contribution is 0.318. The van der Waals surface area contributed by atoms with Gasteiger partial charge in [-0.15, -0.1) is 0 Å². The number of rotatable bonds is 1. The van der Waals surface area contributed by atoms with Crippen molar-refractivity contribution in [1.29, 1.82) is 0 Å². The molecule has 0 aliphatic carbocycles. The summed E-state index contributed by atoms with van der Waals surface area (Å²) < 4.78 is 5.44. The zero-order valence-electron chi connectivity index (χ0n) is 6.50. The Morgan fingerprint density at radius 1 is 1.45 bits per heavy atom. The van der Waals surface area contributed by atoms with E-state index in [-0.39, 0.29) is 0 Å². The molecule has 1 aromatic rings. The van der Waals surface area contributed by atoms with Crippen LogP contribution < -0.4 is 10.1 Å². The minimum Gasteiger partial charge on any atom is -0.491 e. The Morgan fingerprint density at radius 2 is 2.27 bits per heavy atom. The lowest BCUT2D eigenvalue weighted by atomic mass is 10.1. The van der Waals surface area contributed by atoms with Crippen molar-refractivity contribution >= 4 is 0 Å². The summed E-state index contributed by atoms with van der Waals surface area (Å²) in [6.45, 7) is 0.760. The monoisotopic (exact) mass is 149 g/mol. The van der Waals surface area contributed by atoms with E-state index in [1.807, 2.05) is 25.2 Å². The maximum atomic E-state index is 5.44. The van der Waals surface area contributed by atoms with Crippen LogP contribution in [-0.4, -0.2) is 13.7 Å². The first-order chi connectivity index (χ1) is 5.42. The van der Waals surface area contributed by atoms with E-state index in [0.29, 0.717) is 6.04 Å². The molecule has 1 N–H and O–H groups in total. The molecule has 1 aliphatic rings. The lowest BCUT2D eigenvalue weighted by Crippen LogP contribution is -2.16. The van der Waals surface area contributed by atoms with Crippen LogP contribution in [0.15, 0.2) is 24.3 Å². The van der Waals surface area contributed by atoms with Gasteiger partial charge in [-0.25, -0.2) is 0 Å². The summed E-state index contributed by atoms with van der Waals surface area (Å²) in [6.07, 6.45) is 0. The van der Waals surface area contributed by atoms with Crippen LogP contribution in [0.1, 0.15) is 11.6 Å². The summed E-state index contributed by atoms with van der Waals surface area (Å²) in [4.78, 5) is 0. The molecule has 0 saturated carbocycles. The molecule has 1 aromatic carbocycles. The number of nitrogens with one attached hydrogen (secondary N) is 1. The van der Waals surface area contributed by atoms with E-state index in [1.54, 1.807) is 0 Å². The van der Waals surface area contributed by atoms with Crippen LogP contribution in [0.4, 0.5) is 0 Å². The average Bonchev–Trinajstić information content (AvgIpc) is 2.47. The van der Waals surface area contributed by atoms with E-state index in [2.05, 4.69) is 11.4 Å². The van der Waals surface area contributed by atoms with E-state index < -0.39 is 0 Å². The van der Waals surface area contributed by atoms with Crippen molar-refractivity contribution in [3.63, 3.8) is 0 Å². The predicted molar refractivity (Wildman–Crippen MR) is 43.7 cm³/mol. The van der Waals surface area contributed by atoms with Crippen molar-refractivity contribution in [1.82, 2.24) is 5.32 Å². The van der Waals surface area contributed by atoms with Crippen LogP contribution >= 0.6 is 0 Å². The zero-order chi connectivity index (χ0) is 7.68. The van der Waals surface area contributed by atoms with Crippen molar-refractivity contribution in [2.24, 2.45) is 0 Å². The van der Waals surface area contributed by atoms with E-state index in [0.717, 1.165) is 12.4 Å². The van der Waals surface area contributed by atoms with Gasteiger partial charge in [-0.3, -0.25) is 0 Å². The number of likely N-dealkylation sites (N-methyl/N-ethyl adjacent to an activating group) is 1. The van der Waals surface area contributed by atoms with Gasteiger partial charge >= 0.3 is 0 Å². The summed E-state index contributed by atoms with van der Waals surface area (Å²) in [6, 6.07) is 8.52. The highest BCUT2D eigenvalue weighted by Crippen LogP contribution is 2.30. The second-order valence-corrected chi connectivity index (χ2v) is 2.69. The molecular weight excluding hydrogens is 138 g/mol. The summed E-state index contributed by atoms with van der Waals surface area (Å²) in [5.74, 6) is 1.02. The maximum absolute atomic E-state index is 5.44. The molecule has 0 aromatic heterocycles. The SMILES string of the molecule is CN[C@@H]1COc2ccccc21. The third-order valence-corrected chi connectivity index (χ3v) is 2.05. The molecule has 1 atom stereocenters. The van der Waals surface area contributed by atoms with Gasteiger partial charge in [-0.05, 0) is 13.1 Å². The van der Waals surface area contributed by atoms with Crippen molar-refractivity contribution in [2.75, 3.05) is 13.7 Å². The first-order valence-corrected chi connectivity index (χ1v) is 3.81. The van der Waals surface area contributed by atoms with Crippen molar-refractivity contribution < 1.29 is 4.74 Å². The fourth-order valence-corrected chi connectivity index (χ4v) is 1.40. The van der Waals surface area contributed by atoms with Crippen LogP contribution in [0.25, 0.3) is 0 Å². The molecule has 2 heteroatoms. The van der Waals surface area contributed by atoms with Crippen LogP contribution in [0.5, 0.6) is 5.75 Å². The number of benzene rings is 1. The largest absolute Gasteiger partial charge is 0.491 e. The fraction of sp³-hybridized carbons (Fsp3) is 0.333. The van der Waals surface area contributed by atoms with Gasteiger partial charge in [0, 0.05) is 5.56 Å². The summed E-state index contributed by atoms with van der Waals surface area (Å²) >= 11 is 0. The van der Waals surface area contributed by atoms with Gasteiger partial charge in [0.2, 0.25) is 0 Å². The molecule has 58 valence electrons. The van der Waals surface area contributed by atoms with Gasteiger partial charge in [-0.1, -0.05) is 18.2 Å². The highest BCUT2D eigenvalue weighted by atomic mass is 16.5. The highest BCUT2D eigenvalue weighted by Gasteiger charge is 2.20. The van der Waals surface area contributed by atoms with Crippen molar-refractivity contribution in [3.8, 4) is 5.75 Å². The van der Waals surface area contributed by atoms with E-state index >= 15 is 0 Å². The molecule has 1 aliphatic heterocycles. The molecule has 0 amide bonds. The van der Waals surface area contributed by atoms with Gasteiger partial charge < -0.3 is 10.1 Å². The van der Waals surface area contributed by atoms with E-state index in [9.17, 15) is 0 Å². The van der Waals surface area contributed by atoms with Gasteiger partial charge in [0.05, 0.1) is 6.04 Å². The quantitative estimate of drug-likeness (QED) is 0.650. The Kier molecular flexibility index (Phi) is 1.55. The molecule has 0 saturated heterocycles. The minimum atomic E-state index is 0.381. The van der Waals surface area contributed by atoms with Crippen LogP contribution in [0.3, 0.4) is 0 Å². The van der Waals surface area contributed by atoms with Crippen molar-refractivity contribution in [3.05, 3.63) is 29.8 Å². The maximum Gasteiger partial charge on any atom is 0.124 e. The highest BCUT2D eigenvalue weighted by molar-refractivity contribution is 5.38. The molecule has 0 unspecified atom stereocenters. The van der Waals surface area contributed by atoms with Crippen LogP contribution in [0, 0.1) is 0 Å². The second-order valence-electron chi connectivity index (χ2n) is 2.69. The van der Waals surface area contributed by atoms with Crippen molar-refractivity contribution in [2.45, 2.75) is 6.04 Å². The Balaban J connectivity index is 2.39. The molecule has 2 rings (SSSR count). The lowest BCUT2D eigenvalue weighted by Gasteiger charge is -2.04. The molecule has 0 spiro atoms. The van der Waals surface area contributed by atoms with Gasteiger partial charge in [0.1, 0.15) is 12.4 Å². The average molecular weight is 149 g/mol. The van der Waals surface area contributed by atoms with Gasteiger partial charge in [0.15, 0.2) is 0 Å². The number of fused-ring (bicyclic) bond motifs is 1. The zero-order valence-corrected chi connectivity index (χ0v) is 6.50. The second kappa shape index (κ2) is 2.55. The van der Waals surface area contributed by atoms with Gasteiger partial charge in [-0.2, -0.15) is 0 Å². The molecule has 11 heavy (non-hydrogen) atoms. The number of hydrogen-bond donors (Lipinski definition) is 1. The Morgan fingerprint density at radius 3 is 3.09 bits per heavy atom. The third-order valence-electron chi connectivity index (χ3n) is 2.05. The smallest absolute Gasteiger partial charge is 0.124 e. The van der Waals surface area contributed by atoms with E-state index in [1.165, 1.54) is 5.56 Å². The minimum absolute atomic E-state index is 0.381. The first-order valence-electron chi connectivity index (χ1n) is 3.81. The molecule has 0 fully saturated rings. The number of para-hydroxylation sites is 1. The Hall–Kier alpha value is -1.02. The molecule has 0 radical (unpaired) electrons. The van der Waals surface area contributed by atoms with E-state index in [4.69, 9.17) is 4.74 Å². The first kappa shape index (κ1) is 6.68. The summed E-state index contributed by atoms with van der Waals surface area (Å²) in [5.41, 5.74) is 1.27. The molecular formula is C9H11NO. The van der Waals surface area contributed by atoms with Crippen LogP contribution in [-0.2, 0) is 0 Å². The van der Waals surface area contributed by atoms with Gasteiger partial charge in [0.25, 0.3) is 0 Å². The molecule has 1 heterocycles. The molecule has 2 nitrogen and oxygen atoms in total. The standard InChI is InChI=1S/C9H11NO/c1-10-8-6-11-9-5-3-2-4-7(8)9/h2-5,8,10H,6H2,1H3/t8-/m1/s1. The number of ether oxygens (including phenoxy) is 1. The third kappa shape index (κ3) is 0.994. The predicted octanol–water partition coefficient (Wildman–Crippen LogP) is 1.34. The Bertz CT molecular complexity index is 259. The Labute approximate surface area is 66.2 Å². The fourth-order valence-electron chi connectivity index (χ4n) is 1.40. The normalized spacial score (nSPS) is 21.0.